The van der Waals surface area contributed by atoms with Crippen molar-refractivity contribution in [2.75, 3.05) is 5.32 Å². The second-order valence-electron chi connectivity index (χ2n) is 7.38. The van der Waals surface area contributed by atoms with E-state index in [1.165, 1.54) is 11.3 Å². The number of hydrogen-bond acceptors (Lipinski definition) is 4. The number of amides is 2. The topological polar surface area (TPSA) is 84.2 Å². The second-order valence-corrected chi connectivity index (χ2v) is 8.87. The summed E-state index contributed by atoms with van der Waals surface area (Å²) in [6, 6.07) is 15.0. The molecule has 7 heteroatoms. The predicted octanol–water partition coefficient (Wildman–Crippen LogP) is 4.81. The number of benzene rings is 2. The number of fused-ring (bicyclic) bond motifs is 1. The fourth-order valence-electron chi connectivity index (χ4n) is 3.59. The molecule has 5 nitrogen and oxygen atoms in total. The second kappa shape index (κ2) is 8.53. The molecule has 1 aliphatic rings. The molecular weight excluding hydrogens is 406 g/mol. The molecule has 0 spiro atoms. The standard InChI is InChI=1S/C22H22ClN3O2S/c23-18-12-16(26-22(28)20-11-13-3-1-2-4-19(13)29-20)9-10-17(18)21(27)25-15-7-5-14(24)6-8-15/h1-4,9-12,14-15H,5-8,24H2,(H,25,27)(H,26,28). The molecule has 0 radical (unpaired) electrons. The third-order valence-electron chi connectivity index (χ3n) is 5.23. The first kappa shape index (κ1) is 19.9. The van der Waals surface area contributed by atoms with Crippen LogP contribution in [0, 0.1) is 0 Å². The zero-order chi connectivity index (χ0) is 20.4. The highest BCUT2D eigenvalue weighted by atomic mass is 35.5. The fourth-order valence-corrected chi connectivity index (χ4v) is 4.81. The number of hydrogen-bond donors (Lipinski definition) is 3. The van der Waals surface area contributed by atoms with E-state index in [0.29, 0.717) is 21.2 Å². The van der Waals surface area contributed by atoms with Gasteiger partial charge in [-0.25, -0.2) is 0 Å². The number of anilines is 1. The SMILES string of the molecule is NC1CCC(NC(=O)c2ccc(NC(=O)c3cc4ccccc4s3)cc2Cl)CC1. The Hall–Kier alpha value is -2.41. The Labute approximate surface area is 178 Å². The molecule has 29 heavy (non-hydrogen) atoms. The zero-order valence-electron chi connectivity index (χ0n) is 15.8. The summed E-state index contributed by atoms with van der Waals surface area (Å²) in [7, 11) is 0. The van der Waals surface area contributed by atoms with Crippen molar-refractivity contribution in [3.05, 3.63) is 64.0 Å². The highest BCUT2D eigenvalue weighted by Gasteiger charge is 2.21. The maximum atomic E-state index is 12.6. The Kier molecular flexibility index (Phi) is 5.85. The molecule has 1 aliphatic carbocycles. The molecule has 0 atom stereocenters. The minimum atomic E-state index is -0.196. The predicted molar refractivity (Wildman–Crippen MR) is 119 cm³/mol. The Morgan fingerprint density at radius 2 is 1.76 bits per heavy atom. The van der Waals surface area contributed by atoms with Gasteiger partial charge in [-0.1, -0.05) is 29.8 Å². The summed E-state index contributed by atoms with van der Waals surface area (Å²) in [6.07, 6.45) is 3.60. The summed E-state index contributed by atoms with van der Waals surface area (Å²) >= 11 is 7.77. The van der Waals surface area contributed by atoms with E-state index in [1.54, 1.807) is 18.2 Å². The minimum absolute atomic E-state index is 0.130. The van der Waals surface area contributed by atoms with Gasteiger partial charge in [0.05, 0.1) is 15.5 Å². The van der Waals surface area contributed by atoms with Crippen LogP contribution < -0.4 is 16.4 Å². The molecule has 0 bridgehead atoms. The summed E-state index contributed by atoms with van der Waals surface area (Å²) in [4.78, 5) is 25.8. The number of nitrogens with two attached hydrogens (primary N) is 1. The van der Waals surface area contributed by atoms with Crippen molar-refractivity contribution >= 4 is 50.5 Å². The molecule has 150 valence electrons. The summed E-state index contributed by atoms with van der Waals surface area (Å²) < 4.78 is 1.06. The highest BCUT2D eigenvalue weighted by molar-refractivity contribution is 7.20. The smallest absolute Gasteiger partial charge is 0.265 e. The van der Waals surface area contributed by atoms with Gasteiger partial charge in [-0.15, -0.1) is 11.3 Å². The van der Waals surface area contributed by atoms with Crippen molar-refractivity contribution in [1.82, 2.24) is 5.32 Å². The van der Waals surface area contributed by atoms with Gasteiger partial charge < -0.3 is 16.4 Å². The average molecular weight is 428 g/mol. The van der Waals surface area contributed by atoms with Crippen molar-refractivity contribution in [1.29, 1.82) is 0 Å². The van der Waals surface area contributed by atoms with Crippen molar-refractivity contribution in [3.8, 4) is 0 Å². The lowest BCUT2D eigenvalue weighted by atomic mass is 9.91. The molecule has 0 aliphatic heterocycles. The normalized spacial score (nSPS) is 19.1. The van der Waals surface area contributed by atoms with E-state index in [4.69, 9.17) is 17.3 Å². The molecule has 1 fully saturated rings. The highest BCUT2D eigenvalue weighted by Crippen LogP contribution is 2.27. The van der Waals surface area contributed by atoms with Crippen LogP contribution in [-0.2, 0) is 0 Å². The first-order valence-corrected chi connectivity index (χ1v) is 10.8. The van der Waals surface area contributed by atoms with Gasteiger partial charge in [-0.05, 0) is 61.4 Å². The summed E-state index contributed by atoms with van der Waals surface area (Å²) in [5.41, 5.74) is 6.87. The van der Waals surface area contributed by atoms with Gasteiger partial charge in [0.15, 0.2) is 0 Å². The Morgan fingerprint density at radius 1 is 1.00 bits per heavy atom. The monoisotopic (exact) mass is 427 g/mol. The van der Waals surface area contributed by atoms with Gasteiger partial charge in [0.1, 0.15) is 0 Å². The van der Waals surface area contributed by atoms with E-state index < -0.39 is 0 Å². The van der Waals surface area contributed by atoms with Crippen LogP contribution in [0.3, 0.4) is 0 Å². The first-order chi connectivity index (χ1) is 14.0. The zero-order valence-corrected chi connectivity index (χ0v) is 17.4. The molecule has 1 aromatic heterocycles. The Bertz CT molecular complexity index is 1020. The molecule has 0 saturated heterocycles. The van der Waals surface area contributed by atoms with Crippen LogP contribution in [0.25, 0.3) is 10.1 Å². The van der Waals surface area contributed by atoms with E-state index >= 15 is 0 Å². The number of carbonyl (C=O) groups excluding carboxylic acids is 2. The molecule has 4 rings (SSSR count). The molecule has 2 amide bonds. The summed E-state index contributed by atoms with van der Waals surface area (Å²) in [6.45, 7) is 0. The van der Waals surface area contributed by atoms with Crippen LogP contribution >= 0.6 is 22.9 Å². The first-order valence-electron chi connectivity index (χ1n) is 9.65. The molecule has 0 unspecified atom stereocenters. The number of nitrogens with one attached hydrogen (secondary N) is 2. The molecule has 1 heterocycles. The lowest BCUT2D eigenvalue weighted by molar-refractivity contribution is 0.0925. The van der Waals surface area contributed by atoms with Crippen LogP contribution in [0.1, 0.15) is 45.7 Å². The van der Waals surface area contributed by atoms with E-state index in [9.17, 15) is 9.59 Å². The quantitative estimate of drug-likeness (QED) is 0.558. The van der Waals surface area contributed by atoms with Gasteiger partial charge in [0, 0.05) is 22.5 Å². The van der Waals surface area contributed by atoms with E-state index in [0.717, 1.165) is 35.8 Å². The third-order valence-corrected chi connectivity index (χ3v) is 6.66. The van der Waals surface area contributed by atoms with Crippen molar-refractivity contribution in [2.24, 2.45) is 5.73 Å². The lowest BCUT2D eigenvalue weighted by Gasteiger charge is -2.27. The van der Waals surface area contributed by atoms with Gasteiger partial charge in [-0.3, -0.25) is 9.59 Å². The minimum Gasteiger partial charge on any atom is -0.349 e. The van der Waals surface area contributed by atoms with Crippen molar-refractivity contribution < 1.29 is 9.59 Å². The van der Waals surface area contributed by atoms with Crippen molar-refractivity contribution in [3.63, 3.8) is 0 Å². The van der Waals surface area contributed by atoms with E-state index in [1.807, 2.05) is 30.3 Å². The molecule has 3 aromatic rings. The fraction of sp³-hybridized carbons (Fsp3) is 0.273. The van der Waals surface area contributed by atoms with Crippen LogP contribution in [0.5, 0.6) is 0 Å². The lowest BCUT2D eigenvalue weighted by Crippen LogP contribution is -2.40. The molecule has 4 N–H and O–H groups in total. The van der Waals surface area contributed by atoms with Crippen LogP contribution in [0.2, 0.25) is 5.02 Å². The molecule has 2 aromatic carbocycles. The molecule has 1 saturated carbocycles. The van der Waals surface area contributed by atoms with E-state index in [2.05, 4.69) is 10.6 Å². The molecular formula is C22H22ClN3O2S. The largest absolute Gasteiger partial charge is 0.349 e. The van der Waals surface area contributed by atoms with Gasteiger partial charge >= 0.3 is 0 Å². The van der Waals surface area contributed by atoms with E-state index in [-0.39, 0.29) is 23.9 Å². The summed E-state index contributed by atoms with van der Waals surface area (Å²) in [5.74, 6) is -0.393. The number of rotatable bonds is 4. The van der Waals surface area contributed by atoms with Crippen LogP contribution in [0.15, 0.2) is 48.5 Å². The maximum absolute atomic E-state index is 12.6. The third kappa shape index (κ3) is 4.61. The number of carbonyl (C=O) groups is 2. The average Bonchev–Trinajstić information content (AvgIpc) is 3.14. The van der Waals surface area contributed by atoms with Crippen LogP contribution in [-0.4, -0.2) is 23.9 Å². The van der Waals surface area contributed by atoms with Gasteiger partial charge in [0.2, 0.25) is 0 Å². The van der Waals surface area contributed by atoms with Crippen molar-refractivity contribution in [2.45, 2.75) is 37.8 Å². The maximum Gasteiger partial charge on any atom is 0.265 e. The Morgan fingerprint density at radius 3 is 2.48 bits per heavy atom. The number of thiophene rings is 1. The summed E-state index contributed by atoms with van der Waals surface area (Å²) in [5, 5.41) is 7.23. The number of halogens is 1. The van der Waals surface area contributed by atoms with Gasteiger partial charge in [0.25, 0.3) is 11.8 Å². The van der Waals surface area contributed by atoms with Gasteiger partial charge in [-0.2, -0.15) is 0 Å². The Balaban J connectivity index is 1.42. The van der Waals surface area contributed by atoms with Crippen LogP contribution in [0.4, 0.5) is 5.69 Å².